The molecule has 0 saturated carbocycles. The molecule has 0 unspecified atom stereocenters. The van der Waals surface area contributed by atoms with Crippen molar-refractivity contribution < 1.29 is 4.39 Å². The summed E-state index contributed by atoms with van der Waals surface area (Å²) in [5, 5.41) is 6.61. The Balaban J connectivity index is 1.69. The Kier molecular flexibility index (Phi) is 7.68. The Morgan fingerprint density at radius 3 is 2.67 bits per heavy atom. The van der Waals surface area contributed by atoms with Gasteiger partial charge in [0.1, 0.15) is 5.82 Å². The van der Waals surface area contributed by atoms with Crippen LogP contribution in [-0.2, 0) is 13.6 Å². The Morgan fingerprint density at radius 2 is 2.00 bits per heavy atom. The highest BCUT2D eigenvalue weighted by atomic mass is 32.2. The average Bonchev–Trinajstić information content (AvgIpc) is 2.99. The molecule has 6 heteroatoms. The average molecular weight is 348 g/mol. The molecular formula is C18H25FN4S. The van der Waals surface area contributed by atoms with Crippen LogP contribution in [0.25, 0.3) is 0 Å². The lowest BCUT2D eigenvalue weighted by Gasteiger charge is -2.11. The second-order valence-corrected chi connectivity index (χ2v) is 6.63. The van der Waals surface area contributed by atoms with E-state index in [1.807, 2.05) is 29.9 Å². The first-order valence-electron chi connectivity index (χ1n) is 8.19. The van der Waals surface area contributed by atoms with Gasteiger partial charge in [-0.15, -0.1) is 11.8 Å². The predicted octanol–water partition coefficient (Wildman–Crippen LogP) is 3.40. The van der Waals surface area contributed by atoms with Gasteiger partial charge in [-0.2, -0.15) is 0 Å². The molecule has 1 aromatic carbocycles. The summed E-state index contributed by atoms with van der Waals surface area (Å²) in [5.74, 6) is 1.63. The van der Waals surface area contributed by atoms with E-state index in [-0.39, 0.29) is 5.82 Å². The number of guanidine groups is 1. The molecule has 0 aliphatic carbocycles. The van der Waals surface area contributed by atoms with Crippen LogP contribution in [0.15, 0.2) is 52.6 Å². The van der Waals surface area contributed by atoms with E-state index in [9.17, 15) is 4.39 Å². The molecule has 0 fully saturated rings. The molecule has 0 spiro atoms. The largest absolute Gasteiger partial charge is 0.357 e. The number of hydrogen-bond acceptors (Lipinski definition) is 2. The molecule has 0 aliphatic rings. The van der Waals surface area contributed by atoms with Crippen LogP contribution >= 0.6 is 11.8 Å². The van der Waals surface area contributed by atoms with Gasteiger partial charge in [-0.3, -0.25) is 0 Å². The van der Waals surface area contributed by atoms with Gasteiger partial charge in [-0.1, -0.05) is 0 Å². The summed E-state index contributed by atoms with van der Waals surface area (Å²) >= 11 is 1.74. The first-order chi connectivity index (χ1) is 11.7. The zero-order chi connectivity index (χ0) is 17.2. The van der Waals surface area contributed by atoms with Gasteiger partial charge in [0.2, 0.25) is 0 Å². The van der Waals surface area contributed by atoms with Crippen molar-refractivity contribution in [1.82, 2.24) is 15.2 Å². The van der Waals surface area contributed by atoms with E-state index in [2.05, 4.69) is 34.8 Å². The Hall–Kier alpha value is -1.95. The third kappa shape index (κ3) is 6.66. The van der Waals surface area contributed by atoms with Crippen molar-refractivity contribution in [3.05, 3.63) is 54.1 Å². The number of aliphatic imine (C=N–C) groups is 1. The minimum absolute atomic E-state index is 0.189. The van der Waals surface area contributed by atoms with Gasteiger partial charge in [0.15, 0.2) is 5.96 Å². The van der Waals surface area contributed by atoms with Crippen molar-refractivity contribution in [1.29, 1.82) is 0 Å². The summed E-state index contributed by atoms with van der Waals surface area (Å²) in [4.78, 5) is 5.69. The molecule has 0 radical (unpaired) electrons. The highest BCUT2D eigenvalue weighted by Gasteiger charge is 1.99. The van der Waals surface area contributed by atoms with E-state index >= 15 is 0 Å². The third-order valence-electron chi connectivity index (χ3n) is 3.35. The summed E-state index contributed by atoms with van der Waals surface area (Å²) in [6.45, 7) is 4.42. The minimum Gasteiger partial charge on any atom is -0.357 e. The van der Waals surface area contributed by atoms with Gasteiger partial charge >= 0.3 is 0 Å². The van der Waals surface area contributed by atoms with Gasteiger partial charge in [-0.25, -0.2) is 9.38 Å². The van der Waals surface area contributed by atoms with Crippen molar-refractivity contribution in [2.45, 2.75) is 24.8 Å². The van der Waals surface area contributed by atoms with Gasteiger partial charge in [-0.05, 0) is 55.0 Å². The van der Waals surface area contributed by atoms with Gasteiger partial charge in [0, 0.05) is 37.4 Å². The minimum atomic E-state index is -0.189. The van der Waals surface area contributed by atoms with Crippen molar-refractivity contribution >= 4 is 17.7 Å². The highest BCUT2D eigenvalue weighted by molar-refractivity contribution is 7.99. The SMILES string of the molecule is CCNC(=NCc1ccn(C)c1)NCCCSc1ccc(F)cc1. The summed E-state index contributed by atoms with van der Waals surface area (Å²) in [5.41, 5.74) is 1.20. The zero-order valence-electron chi connectivity index (χ0n) is 14.3. The monoisotopic (exact) mass is 348 g/mol. The Morgan fingerprint density at radius 1 is 1.21 bits per heavy atom. The lowest BCUT2D eigenvalue weighted by Crippen LogP contribution is -2.37. The molecule has 0 atom stereocenters. The van der Waals surface area contributed by atoms with Gasteiger partial charge < -0.3 is 15.2 Å². The van der Waals surface area contributed by atoms with Crippen LogP contribution in [0.4, 0.5) is 4.39 Å². The number of halogens is 1. The lowest BCUT2D eigenvalue weighted by atomic mass is 10.3. The molecule has 0 amide bonds. The van der Waals surface area contributed by atoms with E-state index in [0.29, 0.717) is 6.54 Å². The first kappa shape index (κ1) is 18.4. The van der Waals surface area contributed by atoms with Crippen LogP contribution < -0.4 is 10.6 Å². The molecule has 0 aliphatic heterocycles. The van der Waals surface area contributed by atoms with Crippen LogP contribution in [0.3, 0.4) is 0 Å². The number of aryl methyl sites for hydroxylation is 1. The molecule has 0 bridgehead atoms. The number of nitrogens with zero attached hydrogens (tertiary/aromatic N) is 2. The maximum absolute atomic E-state index is 12.8. The molecular weight excluding hydrogens is 323 g/mol. The van der Waals surface area contributed by atoms with Crippen LogP contribution in [0, 0.1) is 5.82 Å². The van der Waals surface area contributed by atoms with Crippen LogP contribution in [-0.4, -0.2) is 29.4 Å². The van der Waals surface area contributed by atoms with Crippen molar-refractivity contribution in [2.24, 2.45) is 12.0 Å². The Bertz CT molecular complexity index is 637. The Labute approximate surface area is 147 Å². The molecule has 2 aromatic rings. The summed E-state index contributed by atoms with van der Waals surface area (Å²) in [7, 11) is 2.01. The van der Waals surface area contributed by atoms with Gasteiger partial charge in [0.05, 0.1) is 6.54 Å². The van der Waals surface area contributed by atoms with E-state index in [1.165, 1.54) is 17.7 Å². The van der Waals surface area contributed by atoms with Crippen LogP contribution in [0.2, 0.25) is 0 Å². The predicted molar refractivity (Wildman–Crippen MR) is 100.0 cm³/mol. The fourth-order valence-electron chi connectivity index (χ4n) is 2.17. The van der Waals surface area contributed by atoms with Crippen molar-refractivity contribution in [3.63, 3.8) is 0 Å². The summed E-state index contributed by atoms with van der Waals surface area (Å²) in [6.07, 6.45) is 5.11. The third-order valence-corrected chi connectivity index (χ3v) is 4.45. The fraction of sp³-hybridized carbons (Fsp3) is 0.389. The second kappa shape index (κ2) is 10.0. The molecule has 1 aromatic heterocycles. The standard InChI is InChI=1S/C18H25FN4S/c1-3-20-18(22-13-15-9-11-23(2)14-15)21-10-4-12-24-17-7-5-16(19)6-8-17/h5-9,11,14H,3-4,10,12-13H2,1-2H3,(H2,20,21,22). The smallest absolute Gasteiger partial charge is 0.191 e. The molecule has 130 valence electrons. The van der Waals surface area contributed by atoms with E-state index < -0.39 is 0 Å². The summed E-state index contributed by atoms with van der Waals surface area (Å²) < 4.78 is 14.9. The van der Waals surface area contributed by atoms with Crippen molar-refractivity contribution in [3.8, 4) is 0 Å². The molecule has 2 N–H and O–H groups in total. The van der Waals surface area contributed by atoms with Crippen molar-refractivity contribution in [2.75, 3.05) is 18.8 Å². The molecule has 24 heavy (non-hydrogen) atoms. The fourth-order valence-corrected chi connectivity index (χ4v) is 3.02. The van der Waals surface area contributed by atoms with E-state index in [0.717, 1.165) is 36.1 Å². The maximum atomic E-state index is 12.8. The number of thioether (sulfide) groups is 1. The summed E-state index contributed by atoms with van der Waals surface area (Å²) in [6, 6.07) is 8.71. The number of hydrogen-bond donors (Lipinski definition) is 2. The number of rotatable bonds is 8. The highest BCUT2D eigenvalue weighted by Crippen LogP contribution is 2.18. The second-order valence-electron chi connectivity index (χ2n) is 5.46. The zero-order valence-corrected chi connectivity index (χ0v) is 15.1. The van der Waals surface area contributed by atoms with Crippen LogP contribution in [0.5, 0.6) is 0 Å². The number of benzene rings is 1. The van der Waals surface area contributed by atoms with Gasteiger partial charge in [0.25, 0.3) is 0 Å². The number of aromatic nitrogens is 1. The lowest BCUT2D eigenvalue weighted by molar-refractivity contribution is 0.626. The first-order valence-corrected chi connectivity index (χ1v) is 9.17. The normalized spacial score (nSPS) is 11.5. The molecule has 0 saturated heterocycles. The number of nitrogens with one attached hydrogen (secondary N) is 2. The maximum Gasteiger partial charge on any atom is 0.191 e. The molecule has 4 nitrogen and oxygen atoms in total. The van der Waals surface area contributed by atoms with E-state index in [1.54, 1.807) is 11.8 Å². The quantitative estimate of drug-likeness (QED) is 0.332. The van der Waals surface area contributed by atoms with Crippen LogP contribution in [0.1, 0.15) is 18.9 Å². The molecule has 2 rings (SSSR count). The van der Waals surface area contributed by atoms with E-state index in [4.69, 9.17) is 0 Å². The topological polar surface area (TPSA) is 41.4 Å². The molecule has 1 heterocycles.